The lowest BCUT2D eigenvalue weighted by Gasteiger charge is -2.34. The standard InChI is InChI=1S/C82H135N23O22/c1-12-45(10)65(76(121)99-64(44(8)9)75(120)101-66(46(11)106)80(125)104-33-19-23-55(104)70(115)92-49(81(126)127)21-16-30-89-82(86)87)100-69(114)51(37-58(84)107)93-68(113)50(35-41(2)3)94-71(116)54-22-18-32-103(54)79(124)57-25-20-34-105(57)77(122)52(36-47-39-88-40-90-47)96-73(118)62(42(4)5)98-74(119)63(43(6)7)97-72(117)56-24-17-31-102(56)78(123)53(38-59(85)108)95-67(112)48(27-28-61(110)111)91-60(109)26-14-13-15-29-83/h39-46,48-57,62-66,106H,12-38,83H2,1-11H3,(H2,84,107)(H2,85,108)(H,88,90)(H,91,109)(H,92,115)(H,93,113)(H,94,116)(H,95,112)(H,96,118)(H,97,117)(H,98,119)(H,99,121)(H,100,114)(H,101,120)(H,110,111)(H,126,127)(H4,86,87,89)/t45-,46+,48-,49-,50-,51-,52-,53-,54-,55-,56-,57-,62-,63-,64-,65-,66-/m0/s1. The summed E-state index contributed by atoms with van der Waals surface area (Å²) in [5, 5.41) is 58.8. The number of aliphatic hydroxyl groups is 1. The largest absolute Gasteiger partial charge is 0.481 e. The van der Waals surface area contributed by atoms with Crippen molar-refractivity contribution in [2.75, 3.05) is 39.3 Å². The molecule has 4 saturated heterocycles. The van der Waals surface area contributed by atoms with Crippen LogP contribution < -0.4 is 87.2 Å². The van der Waals surface area contributed by atoms with Gasteiger partial charge in [0.05, 0.1) is 25.3 Å². The minimum atomic E-state index is -1.78. The van der Waals surface area contributed by atoms with Crippen LogP contribution in [0.1, 0.15) is 210 Å². The van der Waals surface area contributed by atoms with Gasteiger partial charge in [0.25, 0.3) is 0 Å². The van der Waals surface area contributed by atoms with Crippen LogP contribution in [0.5, 0.6) is 0 Å². The van der Waals surface area contributed by atoms with E-state index in [4.69, 9.17) is 28.7 Å². The first-order chi connectivity index (χ1) is 59.8. The van der Waals surface area contributed by atoms with Crippen LogP contribution in [-0.2, 0) is 97.5 Å². The Kier molecular flexibility index (Phi) is 42.7. The number of aliphatic imine (C=N–C) groups is 1. The first kappa shape index (κ1) is 106. The molecule has 45 nitrogen and oxygen atoms in total. The lowest BCUT2D eigenvalue weighted by molar-refractivity contribution is -0.148. The molecule has 127 heavy (non-hydrogen) atoms. The van der Waals surface area contributed by atoms with Gasteiger partial charge in [0, 0.05) is 63.9 Å². The number of unbranched alkanes of at least 4 members (excludes halogenated alkanes) is 2. The molecule has 4 aliphatic rings. The van der Waals surface area contributed by atoms with E-state index in [1.54, 1.807) is 69.2 Å². The number of carboxylic acid groups (broad SMARTS) is 2. The Hall–Kier alpha value is -11.7. The predicted molar refractivity (Wildman–Crippen MR) is 457 cm³/mol. The maximum atomic E-state index is 15.2. The maximum absolute atomic E-state index is 15.2. The van der Waals surface area contributed by atoms with E-state index in [9.17, 15) is 96.8 Å². The third-order valence-electron chi connectivity index (χ3n) is 22.9. The fourth-order valence-corrected chi connectivity index (χ4v) is 15.7. The summed E-state index contributed by atoms with van der Waals surface area (Å²) >= 11 is 0. The highest BCUT2D eigenvalue weighted by atomic mass is 16.4. The van der Waals surface area contributed by atoms with Gasteiger partial charge in [-0.05, 0) is 133 Å². The van der Waals surface area contributed by atoms with Crippen LogP contribution in [-0.4, -0.2) is 299 Å². The van der Waals surface area contributed by atoms with Crippen molar-refractivity contribution in [3.05, 3.63) is 18.2 Å². The number of aliphatic hydroxyl groups excluding tert-OH is 1. The fraction of sp³-hybridized carbons (Fsp3) is 0.720. The molecule has 17 amide bonds. The van der Waals surface area contributed by atoms with Gasteiger partial charge in [-0.25, -0.2) is 9.78 Å². The van der Waals surface area contributed by atoms with Crippen LogP contribution in [0, 0.1) is 29.6 Å². The van der Waals surface area contributed by atoms with Gasteiger partial charge in [-0.3, -0.25) is 91.3 Å². The topological polar surface area (TPSA) is 701 Å². The average molecular weight is 1800 g/mol. The van der Waals surface area contributed by atoms with E-state index in [0.29, 0.717) is 50.8 Å². The highest BCUT2D eigenvalue weighted by Crippen LogP contribution is 2.29. The zero-order chi connectivity index (χ0) is 95.0. The van der Waals surface area contributed by atoms with Gasteiger partial charge in [-0.15, -0.1) is 0 Å². The van der Waals surface area contributed by atoms with E-state index < -0.39 is 252 Å². The molecular formula is C82H135N23O22. The van der Waals surface area contributed by atoms with Crippen LogP contribution in [0.4, 0.5) is 0 Å². The van der Waals surface area contributed by atoms with Crippen LogP contribution in [0.25, 0.3) is 0 Å². The van der Waals surface area contributed by atoms with E-state index >= 15 is 9.59 Å². The minimum absolute atomic E-state index is 0.000492. The van der Waals surface area contributed by atoms with E-state index in [-0.39, 0.29) is 122 Å². The fourth-order valence-electron chi connectivity index (χ4n) is 15.7. The van der Waals surface area contributed by atoms with Gasteiger partial charge in [-0.2, -0.15) is 0 Å². The van der Waals surface area contributed by atoms with Crippen LogP contribution in [0.2, 0.25) is 0 Å². The second-order valence-corrected chi connectivity index (χ2v) is 34.5. The Labute approximate surface area is 738 Å². The second kappa shape index (κ2) is 51.2. The summed E-state index contributed by atoms with van der Waals surface area (Å²) in [6.45, 7) is 18.1. The van der Waals surface area contributed by atoms with E-state index in [0.717, 1.165) is 9.80 Å². The number of carboxylic acids is 2. The molecule has 0 spiro atoms. The number of carbonyl (C=O) groups is 19. The Morgan fingerprint density at radius 3 is 1.40 bits per heavy atom. The Morgan fingerprint density at radius 1 is 0.465 bits per heavy atom. The Balaban J connectivity index is 1.28. The van der Waals surface area contributed by atoms with Gasteiger partial charge >= 0.3 is 11.9 Å². The molecule has 17 atom stereocenters. The van der Waals surface area contributed by atoms with Crippen molar-refractivity contribution in [2.45, 2.75) is 308 Å². The molecule has 4 fully saturated rings. The van der Waals surface area contributed by atoms with Gasteiger partial charge < -0.3 is 127 Å². The van der Waals surface area contributed by atoms with Crippen molar-refractivity contribution in [3.8, 4) is 0 Å². The molecule has 0 aromatic carbocycles. The minimum Gasteiger partial charge on any atom is -0.481 e. The number of rotatable bonds is 52. The summed E-state index contributed by atoms with van der Waals surface area (Å²) < 4.78 is 0. The number of hydrogen-bond acceptors (Lipinski definition) is 23. The molecule has 45 heteroatoms. The number of nitrogens with two attached hydrogens (primary N) is 5. The monoisotopic (exact) mass is 1790 g/mol. The van der Waals surface area contributed by atoms with E-state index in [2.05, 4.69) is 73.4 Å². The predicted octanol–water partition coefficient (Wildman–Crippen LogP) is -5.04. The van der Waals surface area contributed by atoms with Gasteiger partial charge in [0.2, 0.25) is 100 Å². The Morgan fingerprint density at radius 2 is 0.906 bits per heavy atom. The third-order valence-corrected chi connectivity index (χ3v) is 22.9. The summed E-state index contributed by atoms with van der Waals surface area (Å²) in [6, 6.07) is -21.4. The lowest BCUT2D eigenvalue weighted by atomic mass is 9.95. The molecule has 0 radical (unpaired) electrons. The molecule has 5 rings (SSSR count). The number of nitrogens with zero attached hydrogens (tertiary/aromatic N) is 6. The molecule has 0 bridgehead atoms. The number of nitrogens with one attached hydrogen (secondary N) is 12. The van der Waals surface area contributed by atoms with Crippen molar-refractivity contribution < 1.29 is 106 Å². The van der Waals surface area contributed by atoms with Crippen molar-refractivity contribution in [3.63, 3.8) is 0 Å². The van der Waals surface area contributed by atoms with E-state index in [1.165, 1.54) is 29.2 Å². The van der Waals surface area contributed by atoms with Crippen molar-refractivity contribution >= 4 is 118 Å². The highest BCUT2D eigenvalue weighted by molar-refractivity contribution is 6.02. The Bertz CT molecular complexity index is 4050. The highest BCUT2D eigenvalue weighted by Gasteiger charge is 2.48. The van der Waals surface area contributed by atoms with Crippen molar-refractivity contribution in [2.24, 2.45) is 63.3 Å². The second-order valence-electron chi connectivity index (χ2n) is 34.5. The maximum Gasteiger partial charge on any atom is 0.326 e. The summed E-state index contributed by atoms with van der Waals surface area (Å²) in [7, 11) is 0. The number of guanidine groups is 1. The zero-order valence-electron chi connectivity index (χ0n) is 74.5. The van der Waals surface area contributed by atoms with Gasteiger partial charge in [-0.1, -0.05) is 82.1 Å². The molecule has 1 aromatic rings. The number of H-pyrrole nitrogens is 1. The number of primary amides is 2. The summed E-state index contributed by atoms with van der Waals surface area (Å²) in [5.41, 5.74) is 27.9. The molecule has 4 aliphatic heterocycles. The summed E-state index contributed by atoms with van der Waals surface area (Å²) in [5.74, 6) is -20.7. The van der Waals surface area contributed by atoms with Crippen LogP contribution in [0.3, 0.4) is 0 Å². The molecule has 0 saturated carbocycles. The lowest BCUT2D eigenvalue weighted by Crippen LogP contribution is -2.63. The first-order valence-electron chi connectivity index (χ1n) is 43.8. The first-order valence-corrected chi connectivity index (χ1v) is 43.8. The number of amides is 17. The van der Waals surface area contributed by atoms with Gasteiger partial charge in [0.15, 0.2) is 5.96 Å². The number of aliphatic carboxylic acids is 2. The van der Waals surface area contributed by atoms with Crippen LogP contribution in [0.15, 0.2) is 17.5 Å². The normalized spacial score (nSPS) is 19.3. The van der Waals surface area contributed by atoms with E-state index in [1.807, 2.05) is 0 Å². The third kappa shape index (κ3) is 32.3. The number of aromatic nitrogens is 2. The molecule has 5 heterocycles. The van der Waals surface area contributed by atoms with Crippen LogP contribution >= 0.6 is 0 Å². The summed E-state index contributed by atoms with van der Waals surface area (Å²) in [6.07, 6.45) is 2.03. The number of likely N-dealkylation sites (tertiary alicyclic amines) is 4. The number of hydrogen-bond donors (Lipinski definition) is 20. The SMILES string of the molecule is CC[C@H](C)[C@H](NC(=O)[C@H](CC(N)=O)NC(=O)[C@H](CC(C)C)NC(=O)[C@@H]1CCCN1C(=O)[C@@H]1CCCN1C(=O)[C@H](Cc1cnc[nH]1)NC(=O)[C@@H](NC(=O)[C@@H](NC(=O)[C@@H]1CCCN1C(=O)[C@H](CC(N)=O)NC(=O)[C@H](CCC(=O)O)NC(=O)CCCCCN)C(C)C)C(C)C)C(=O)N[C@H](C(=O)N[C@H](C(=O)N1CCC[C@H]1C(=O)N[C@@H](CCCN=C(N)N)C(=O)O)[C@@H](C)O)C(C)C. The summed E-state index contributed by atoms with van der Waals surface area (Å²) in [4.78, 5) is 280. The van der Waals surface area contributed by atoms with Crippen molar-refractivity contribution in [1.82, 2.24) is 88.1 Å². The van der Waals surface area contributed by atoms with Crippen molar-refractivity contribution in [1.29, 1.82) is 0 Å². The molecular weight excluding hydrogens is 1660 g/mol. The number of aromatic amines is 1. The average Bonchev–Trinajstić information content (AvgIpc) is 1.68. The zero-order valence-corrected chi connectivity index (χ0v) is 74.5. The molecule has 0 unspecified atom stereocenters. The molecule has 710 valence electrons. The molecule has 1 aromatic heterocycles. The van der Waals surface area contributed by atoms with Gasteiger partial charge in [0.1, 0.15) is 90.6 Å². The number of carbonyl (C=O) groups excluding carboxylic acids is 17. The molecule has 25 N–H and O–H groups in total. The smallest absolute Gasteiger partial charge is 0.326 e. The molecule has 0 aliphatic carbocycles. The number of imidazole rings is 1. The quantitative estimate of drug-likeness (QED) is 0.0165.